The zero-order valence-electron chi connectivity index (χ0n) is 7.56. The van der Waals surface area contributed by atoms with Crippen molar-refractivity contribution in [2.45, 2.75) is 6.18 Å². The highest BCUT2D eigenvalue weighted by Gasteiger charge is 2.35. The van der Waals surface area contributed by atoms with E-state index >= 15 is 0 Å². The lowest BCUT2D eigenvalue weighted by atomic mass is 10.3. The Balaban J connectivity index is 2.87. The highest BCUT2D eigenvalue weighted by molar-refractivity contribution is 7.52. The summed E-state index contributed by atoms with van der Waals surface area (Å²) in [6.07, 6.45) is -5.92. The molecule has 5 nitrogen and oxygen atoms in total. The van der Waals surface area contributed by atoms with Crippen molar-refractivity contribution in [1.82, 2.24) is 0 Å². The van der Waals surface area contributed by atoms with Crippen LogP contribution >= 0.6 is 7.60 Å². The van der Waals surface area contributed by atoms with Crippen LogP contribution in [0, 0.1) is 0 Å². The predicted molar refractivity (Wildman–Crippen MR) is 45.0 cm³/mol. The molecule has 90 valence electrons. The number of Topliss-reactive ketones (excluding diaryl/α,β-unsaturated/α-hetero) is 1. The van der Waals surface area contributed by atoms with Gasteiger partial charge in [-0.2, -0.15) is 13.2 Å². The number of halogens is 3. The summed E-state index contributed by atoms with van der Waals surface area (Å²) in [4.78, 5) is 27.9. The SMILES string of the molecule is O=C(CP(=O)(O)O)c1ccc(C(F)(F)F)o1. The van der Waals surface area contributed by atoms with E-state index in [2.05, 4.69) is 4.42 Å². The Labute approximate surface area is 87.0 Å². The maximum atomic E-state index is 12.0. The molecule has 0 radical (unpaired) electrons. The average molecular weight is 258 g/mol. The molecule has 16 heavy (non-hydrogen) atoms. The summed E-state index contributed by atoms with van der Waals surface area (Å²) in [6.45, 7) is 0. The number of furan rings is 1. The van der Waals surface area contributed by atoms with Crippen LogP contribution in [0.4, 0.5) is 13.2 Å². The average Bonchev–Trinajstić information content (AvgIpc) is 2.46. The topological polar surface area (TPSA) is 87.7 Å². The van der Waals surface area contributed by atoms with Crippen molar-refractivity contribution in [1.29, 1.82) is 0 Å². The first-order valence-corrected chi connectivity index (χ1v) is 5.64. The monoisotopic (exact) mass is 258 g/mol. The van der Waals surface area contributed by atoms with E-state index in [0.29, 0.717) is 6.07 Å². The Morgan fingerprint density at radius 2 is 1.94 bits per heavy atom. The van der Waals surface area contributed by atoms with Crippen LogP contribution in [0.25, 0.3) is 0 Å². The molecular formula is C7H6F3O5P. The van der Waals surface area contributed by atoms with E-state index < -0.39 is 37.2 Å². The van der Waals surface area contributed by atoms with Gasteiger partial charge in [-0.3, -0.25) is 9.36 Å². The molecule has 0 saturated heterocycles. The van der Waals surface area contributed by atoms with Crippen molar-refractivity contribution in [3.63, 3.8) is 0 Å². The first-order chi connectivity index (χ1) is 7.09. The molecule has 1 rings (SSSR count). The Hall–Kier alpha value is -1.11. The van der Waals surface area contributed by atoms with E-state index in [0.717, 1.165) is 6.07 Å². The quantitative estimate of drug-likeness (QED) is 0.635. The summed E-state index contributed by atoms with van der Waals surface area (Å²) in [5.74, 6) is -3.29. The first-order valence-electron chi connectivity index (χ1n) is 3.84. The van der Waals surface area contributed by atoms with Gasteiger partial charge >= 0.3 is 13.8 Å². The summed E-state index contributed by atoms with van der Waals surface area (Å²) >= 11 is 0. The van der Waals surface area contributed by atoms with Gasteiger partial charge in [-0.05, 0) is 12.1 Å². The molecule has 9 heteroatoms. The van der Waals surface area contributed by atoms with E-state index in [-0.39, 0.29) is 0 Å². The molecule has 0 aliphatic rings. The fourth-order valence-corrected chi connectivity index (χ4v) is 1.44. The molecule has 0 atom stereocenters. The van der Waals surface area contributed by atoms with Crippen LogP contribution in [0.2, 0.25) is 0 Å². The van der Waals surface area contributed by atoms with Gasteiger partial charge in [-0.15, -0.1) is 0 Å². The van der Waals surface area contributed by atoms with Crippen LogP contribution < -0.4 is 0 Å². The molecule has 0 aliphatic carbocycles. The molecule has 1 aromatic heterocycles. The molecule has 0 bridgehead atoms. The van der Waals surface area contributed by atoms with Gasteiger partial charge in [0.1, 0.15) is 6.16 Å². The summed E-state index contributed by atoms with van der Waals surface area (Å²) in [7, 11) is -4.61. The molecule has 0 aliphatic heterocycles. The van der Waals surface area contributed by atoms with Gasteiger partial charge in [-0.25, -0.2) is 0 Å². The van der Waals surface area contributed by atoms with Gasteiger partial charge in [0.15, 0.2) is 5.76 Å². The van der Waals surface area contributed by atoms with Gasteiger partial charge < -0.3 is 14.2 Å². The van der Waals surface area contributed by atoms with Gasteiger partial charge in [0.25, 0.3) is 0 Å². The number of hydrogen-bond donors (Lipinski definition) is 2. The van der Waals surface area contributed by atoms with Crippen LogP contribution in [0.15, 0.2) is 16.5 Å². The highest BCUT2D eigenvalue weighted by atomic mass is 31.2. The molecular weight excluding hydrogens is 252 g/mol. The largest absolute Gasteiger partial charge is 0.449 e. The van der Waals surface area contributed by atoms with Crippen LogP contribution in [-0.2, 0) is 10.7 Å². The van der Waals surface area contributed by atoms with E-state index in [1.807, 2.05) is 0 Å². The van der Waals surface area contributed by atoms with Crippen molar-refractivity contribution in [2.24, 2.45) is 0 Å². The number of carbonyl (C=O) groups is 1. The van der Waals surface area contributed by atoms with E-state index in [1.165, 1.54) is 0 Å². The lowest BCUT2D eigenvalue weighted by Crippen LogP contribution is -2.06. The number of ketones is 1. The summed E-state index contributed by atoms with van der Waals surface area (Å²) in [5.41, 5.74) is 0. The fraction of sp³-hybridized carbons (Fsp3) is 0.286. The first kappa shape index (κ1) is 13.0. The Kier molecular flexibility index (Phi) is 3.27. The maximum Gasteiger partial charge on any atom is 0.449 e. The van der Waals surface area contributed by atoms with Crippen molar-refractivity contribution < 1.29 is 36.7 Å². The van der Waals surface area contributed by atoms with Crippen LogP contribution in [0.5, 0.6) is 0 Å². The summed E-state index contributed by atoms with van der Waals surface area (Å²) in [6, 6.07) is 1.24. The Morgan fingerprint density at radius 1 is 1.38 bits per heavy atom. The summed E-state index contributed by atoms with van der Waals surface area (Å²) < 4.78 is 50.7. The number of hydrogen-bond acceptors (Lipinski definition) is 3. The Morgan fingerprint density at radius 3 is 2.31 bits per heavy atom. The zero-order valence-corrected chi connectivity index (χ0v) is 8.46. The van der Waals surface area contributed by atoms with Crippen LogP contribution in [-0.4, -0.2) is 21.7 Å². The fourth-order valence-electron chi connectivity index (χ4n) is 0.905. The highest BCUT2D eigenvalue weighted by Crippen LogP contribution is 2.36. The standard InChI is InChI=1S/C7H6F3O5P/c8-7(9,10)6-2-1-5(15-6)4(11)3-16(12,13)14/h1-2H,3H2,(H2,12,13,14). The molecule has 1 aromatic rings. The third-order valence-corrected chi connectivity index (χ3v) is 2.21. The zero-order chi connectivity index (χ0) is 12.6. The molecule has 0 saturated carbocycles. The molecule has 0 amide bonds. The smallest absolute Gasteiger partial charge is 0.448 e. The third kappa shape index (κ3) is 3.48. The van der Waals surface area contributed by atoms with Crippen LogP contribution in [0.1, 0.15) is 16.3 Å². The minimum Gasteiger partial charge on any atom is -0.448 e. The van der Waals surface area contributed by atoms with Crippen LogP contribution in [0.3, 0.4) is 0 Å². The molecule has 1 heterocycles. The van der Waals surface area contributed by atoms with Gasteiger partial charge in [-0.1, -0.05) is 0 Å². The van der Waals surface area contributed by atoms with Crippen molar-refractivity contribution >= 4 is 13.4 Å². The van der Waals surface area contributed by atoms with Crippen molar-refractivity contribution in [3.8, 4) is 0 Å². The third-order valence-electron chi connectivity index (χ3n) is 1.51. The minimum atomic E-state index is -4.74. The van der Waals surface area contributed by atoms with Crippen molar-refractivity contribution in [2.75, 3.05) is 6.16 Å². The molecule has 0 aromatic carbocycles. The maximum absolute atomic E-state index is 12.0. The van der Waals surface area contributed by atoms with E-state index in [1.54, 1.807) is 0 Å². The summed E-state index contributed by atoms with van der Waals surface area (Å²) in [5, 5.41) is 0. The normalized spacial score (nSPS) is 12.8. The van der Waals surface area contributed by atoms with Crippen molar-refractivity contribution in [3.05, 3.63) is 23.7 Å². The predicted octanol–water partition coefficient (Wildman–Crippen LogP) is 1.66. The second-order valence-corrected chi connectivity index (χ2v) is 4.55. The number of alkyl halides is 3. The lowest BCUT2D eigenvalue weighted by molar-refractivity contribution is -0.153. The minimum absolute atomic E-state index is 0.521. The lowest BCUT2D eigenvalue weighted by Gasteiger charge is -2.02. The Bertz CT molecular complexity index is 443. The van der Waals surface area contributed by atoms with Gasteiger partial charge in [0.05, 0.1) is 0 Å². The number of rotatable bonds is 3. The molecule has 2 N–H and O–H groups in total. The second-order valence-electron chi connectivity index (χ2n) is 2.91. The van der Waals surface area contributed by atoms with Gasteiger partial charge in [0.2, 0.25) is 11.5 Å². The molecule has 0 unspecified atom stereocenters. The van der Waals surface area contributed by atoms with Gasteiger partial charge in [0, 0.05) is 0 Å². The number of carbonyl (C=O) groups excluding carboxylic acids is 1. The second kappa shape index (κ2) is 4.04. The van der Waals surface area contributed by atoms with E-state index in [4.69, 9.17) is 9.79 Å². The van der Waals surface area contributed by atoms with E-state index in [9.17, 15) is 22.5 Å². The molecule has 0 spiro atoms. The molecule has 0 fully saturated rings.